The zero-order valence-electron chi connectivity index (χ0n) is 11.2. The Morgan fingerprint density at radius 1 is 1.20 bits per heavy atom. The first-order valence-corrected chi connectivity index (χ1v) is 6.70. The van der Waals surface area contributed by atoms with Gasteiger partial charge in [0.25, 0.3) is 0 Å². The Balaban J connectivity index is 2.23. The molecule has 2 aromatic rings. The number of aromatic nitrogens is 1. The molecule has 0 fully saturated rings. The number of unbranched alkanes of at least 4 members (excludes halogenated alkanes) is 2. The van der Waals surface area contributed by atoms with Crippen LogP contribution in [-0.4, -0.2) is 34.3 Å². The number of anilines is 1. The van der Waals surface area contributed by atoms with Gasteiger partial charge in [-0.3, -0.25) is 4.98 Å². The summed E-state index contributed by atoms with van der Waals surface area (Å²) < 4.78 is 0. The molecule has 3 N–H and O–H groups in total. The number of para-hydroxylation sites is 1. The average molecular weight is 274 g/mol. The lowest BCUT2D eigenvalue weighted by molar-refractivity contribution is 0.0697. The fraction of sp³-hybridized carbons (Fsp3) is 0.333. The van der Waals surface area contributed by atoms with Crippen molar-refractivity contribution < 1.29 is 15.0 Å². The van der Waals surface area contributed by atoms with Crippen LogP contribution >= 0.6 is 0 Å². The maximum absolute atomic E-state index is 11.3. The van der Waals surface area contributed by atoms with E-state index in [1.807, 2.05) is 24.3 Å². The molecule has 0 atom stereocenters. The largest absolute Gasteiger partial charge is 0.478 e. The van der Waals surface area contributed by atoms with Gasteiger partial charge < -0.3 is 15.5 Å². The SMILES string of the molecule is O=C(O)c1cnc2ccccc2c1NCCCCCO. The third kappa shape index (κ3) is 3.24. The Morgan fingerprint density at radius 3 is 2.75 bits per heavy atom. The Bertz CT molecular complexity index is 599. The molecular formula is C15H18N2O3. The van der Waals surface area contributed by atoms with Crippen molar-refractivity contribution in [3.8, 4) is 0 Å². The lowest BCUT2D eigenvalue weighted by atomic mass is 10.1. The highest BCUT2D eigenvalue weighted by Gasteiger charge is 2.13. The zero-order chi connectivity index (χ0) is 14.4. The summed E-state index contributed by atoms with van der Waals surface area (Å²) in [6.07, 6.45) is 3.95. The number of aromatic carboxylic acids is 1. The smallest absolute Gasteiger partial charge is 0.339 e. The number of carboxylic acids is 1. The van der Waals surface area contributed by atoms with Crippen LogP contribution < -0.4 is 5.32 Å². The third-order valence-electron chi connectivity index (χ3n) is 3.14. The molecule has 5 nitrogen and oxygen atoms in total. The van der Waals surface area contributed by atoms with Gasteiger partial charge in [0.15, 0.2) is 0 Å². The number of rotatable bonds is 7. The number of benzene rings is 1. The van der Waals surface area contributed by atoms with Gasteiger partial charge in [-0.05, 0) is 25.3 Å². The minimum atomic E-state index is -0.985. The Morgan fingerprint density at radius 2 is 2.00 bits per heavy atom. The van der Waals surface area contributed by atoms with E-state index in [4.69, 9.17) is 5.11 Å². The van der Waals surface area contributed by atoms with E-state index >= 15 is 0 Å². The summed E-state index contributed by atoms with van der Waals surface area (Å²) in [6.45, 7) is 0.868. The molecule has 1 aromatic carbocycles. The molecule has 0 radical (unpaired) electrons. The van der Waals surface area contributed by atoms with Gasteiger partial charge in [0.05, 0.1) is 11.2 Å². The van der Waals surface area contributed by atoms with Gasteiger partial charge in [-0.15, -0.1) is 0 Å². The first-order chi connectivity index (χ1) is 9.74. The number of hydrogen-bond donors (Lipinski definition) is 3. The number of carbonyl (C=O) groups is 1. The Kier molecular flexibility index (Phi) is 4.90. The molecule has 0 aliphatic rings. The first-order valence-electron chi connectivity index (χ1n) is 6.70. The second-order valence-electron chi connectivity index (χ2n) is 4.58. The van der Waals surface area contributed by atoms with E-state index in [0.29, 0.717) is 12.2 Å². The normalized spacial score (nSPS) is 10.7. The summed E-state index contributed by atoms with van der Waals surface area (Å²) in [7, 11) is 0. The molecule has 0 unspecified atom stereocenters. The molecule has 1 heterocycles. The van der Waals surface area contributed by atoms with E-state index in [-0.39, 0.29) is 12.2 Å². The summed E-state index contributed by atoms with van der Waals surface area (Å²) in [5.74, 6) is -0.985. The number of nitrogens with one attached hydrogen (secondary N) is 1. The molecule has 0 bridgehead atoms. The van der Waals surface area contributed by atoms with Gasteiger partial charge in [0.2, 0.25) is 0 Å². The van der Waals surface area contributed by atoms with E-state index in [1.165, 1.54) is 6.20 Å². The summed E-state index contributed by atoms with van der Waals surface area (Å²) in [5.41, 5.74) is 1.58. The molecule has 106 valence electrons. The van der Waals surface area contributed by atoms with Crippen molar-refractivity contribution in [2.45, 2.75) is 19.3 Å². The zero-order valence-corrected chi connectivity index (χ0v) is 11.2. The number of nitrogens with zero attached hydrogens (tertiary/aromatic N) is 1. The number of aliphatic hydroxyl groups excluding tert-OH is 1. The number of pyridine rings is 1. The second kappa shape index (κ2) is 6.86. The Hall–Kier alpha value is -2.14. The maximum atomic E-state index is 11.3. The van der Waals surface area contributed by atoms with Gasteiger partial charge in [-0.25, -0.2) is 4.79 Å². The summed E-state index contributed by atoms with van der Waals surface area (Å²) in [5, 5.41) is 22.0. The van der Waals surface area contributed by atoms with E-state index in [9.17, 15) is 9.90 Å². The lowest BCUT2D eigenvalue weighted by Gasteiger charge is -2.12. The van der Waals surface area contributed by atoms with Crippen LogP contribution in [0.5, 0.6) is 0 Å². The van der Waals surface area contributed by atoms with Gasteiger partial charge in [0.1, 0.15) is 5.56 Å². The molecule has 5 heteroatoms. The van der Waals surface area contributed by atoms with Crippen molar-refractivity contribution in [2.75, 3.05) is 18.5 Å². The van der Waals surface area contributed by atoms with Gasteiger partial charge in [-0.2, -0.15) is 0 Å². The van der Waals surface area contributed by atoms with Crippen LogP contribution in [0.2, 0.25) is 0 Å². The fourth-order valence-corrected chi connectivity index (χ4v) is 2.12. The molecule has 2 rings (SSSR count). The topological polar surface area (TPSA) is 82.5 Å². The molecule has 0 aliphatic carbocycles. The van der Waals surface area contributed by atoms with Gasteiger partial charge >= 0.3 is 5.97 Å². The highest BCUT2D eigenvalue weighted by atomic mass is 16.4. The Labute approximate surface area is 117 Å². The molecule has 20 heavy (non-hydrogen) atoms. The number of hydrogen-bond acceptors (Lipinski definition) is 4. The molecule has 1 aromatic heterocycles. The van der Waals surface area contributed by atoms with Crippen LogP contribution in [0.4, 0.5) is 5.69 Å². The highest BCUT2D eigenvalue weighted by Crippen LogP contribution is 2.25. The third-order valence-corrected chi connectivity index (χ3v) is 3.14. The summed E-state index contributed by atoms with van der Waals surface area (Å²) >= 11 is 0. The lowest BCUT2D eigenvalue weighted by Crippen LogP contribution is -2.09. The second-order valence-corrected chi connectivity index (χ2v) is 4.58. The van der Waals surface area contributed by atoms with Gasteiger partial charge in [-0.1, -0.05) is 18.2 Å². The van der Waals surface area contributed by atoms with Gasteiger partial charge in [0, 0.05) is 24.7 Å². The van der Waals surface area contributed by atoms with Crippen LogP contribution in [0.1, 0.15) is 29.6 Å². The molecule has 0 saturated carbocycles. The number of fused-ring (bicyclic) bond motifs is 1. The minimum Gasteiger partial charge on any atom is -0.478 e. The van der Waals surface area contributed by atoms with Crippen LogP contribution in [0.25, 0.3) is 10.9 Å². The van der Waals surface area contributed by atoms with Crippen LogP contribution in [0.3, 0.4) is 0 Å². The monoisotopic (exact) mass is 274 g/mol. The van der Waals surface area contributed by atoms with Crippen molar-refractivity contribution >= 4 is 22.6 Å². The molecular weight excluding hydrogens is 256 g/mol. The molecule has 0 amide bonds. The minimum absolute atomic E-state index is 0.186. The quantitative estimate of drug-likeness (QED) is 0.676. The predicted molar refractivity (Wildman–Crippen MR) is 78.1 cm³/mol. The molecule has 0 saturated heterocycles. The highest BCUT2D eigenvalue weighted by molar-refractivity contribution is 6.04. The van der Waals surface area contributed by atoms with Crippen LogP contribution in [0, 0.1) is 0 Å². The van der Waals surface area contributed by atoms with Crippen molar-refractivity contribution in [3.05, 3.63) is 36.0 Å². The standard InChI is InChI=1S/C15H18N2O3/c18-9-5-1-4-8-16-14-11-6-2-3-7-13(11)17-10-12(14)15(19)20/h2-3,6-7,10,18H,1,4-5,8-9H2,(H,16,17)(H,19,20). The van der Waals surface area contributed by atoms with E-state index in [2.05, 4.69) is 10.3 Å². The number of aliphatic hydroxyl groups is 1. The van der Waals surface area contributed by atoms with Crippen molar-refractivity contribution in [2.24, 2.45) is 0 Å². The van der Waals surface area contributed by atoms with E-state index in [0.717, 1.165) is 30.2 Å². The van der Waals surface area contributed by atoms with Crippen LogP contribution in [0.15, 0.2) is 30.5 Å². The molecule has 0 spiro atoms. The van der Waals surface area contributed by atoms with E-state index in [1.54, 1.807) is 0 Å². The van der Waals surface area contributed by atoms with Crippen molar-refractivity contribution in [1.29, 1.82) is 0 Å². The average Bonchev–Trinajstić information content (AvgIpc) is 2.46. The maximum Gasteiger partial charge on any atom is 0.339 e. The number of carboxylic acid groups (broad SMARTS) is 1. The molecule has 0 aliphatic heterocycles. The summed E-state index contributed by atoms with van der Waals surface area (Å²) in [6, 6.07) is 7.47. The fourth-order valence-electron chi connectivity index (χ4n) is 2.12. The van der Waals surface area contributed by atoms with Crippen molar-refractivity contribution in [1.82, 2.24) is 4.98 Å². The predicted octanol–water partition coefficient (Wildman–Crippen LogP) is 2.51. The van der Waals surface area contributed by atoms with Crippen LogP contribution in [-0.2, 0) is 0 Å². The van der Waals surface area contributed by atoms with Crippen molar-refractivity contribution in [3.63, 3.8) is 0 Å². The van der Waals surface area contributed by atoms with E-state index < -0.39 is 5.97 Å². The summed E-state index contributed by atoms with van der Waals surface area (Å²) in [4.78, 5) is 15.5. The first kappa shape index (κ1) is 14.3.